The van der Waals surface area contributed by atoms with Gasteiger partial charge < -0.3 is 15.4 Å². The first-order chi connectivity index (χ1) is 12.7. The van der Waals surface area contributed by atoms with Crippen LogP contribution in [-0.2, 0) is 6.61 Å². The molecule has 26 heavy (non-hydrogen) atoms. The predicted molar refractivity (Wildman–Crippen MR) is 105 cm³/mol. The highest BCUT2D eigenvalue weighted by Crippen LogP contribution is 2.27. The molecule has 130 valence electrons. The second-order valence-corrected chi connectivity index (χ2v) is 7.00. The summed E-state index contributed by atoms with van der Waals surface area (Å²) in [5.74, 6) is 0.721. The van der Waals surface area contributed by atoms with E-state index >= 15 is 0 Å². The van der Waals surface area contributed by atoms with Crippen molar-refractivity contribution in [1.29, 1.82) is 0 Å². The maximum atomic E-state index is 12.2. The van der Waals surface area contributed by atoms with E-state index < -0.39 is 0 Å². The molecule has 1 amide bonds. The lowest BCUT2D eigenvalue weighted by molar-refractivity contribution is 0.0935. The average Bonchev–Trinajstić information content (AvgIpc) is 2.68. The normalized spacial score (nSPS) is 15.6. The summed E-state index contributed by atoms with van der Waals surface area (Å²) in [7, 11) is 0. The third-order valence-electron chi connectivity index (χ3n) is 4.28. The molecule has 1 aliphatic rings. The summed E-state index contributed by atoms with van der Waals surface area (Å²) in [5, 5.41) is 6.33. The van der Waals surface area contributed by atoms with E-state index in [0.29, 0.717) is 12.2 Å². The fraction of sp³-hybridized carbons (Fsp3) is 0.0952. The molecule has 0 fully saturated rings. The number of carbonyl (C=O) groups is 1. The van der Waals surface area contributed by atoms with Gasteiger partial charge in [0.1, 0.15) is 18.5 Å². The predicted octanol–water partition coefficient (Wildman–Crippen LogP) is 4.88. The highest BCUT2D eigenvalue weighted by Gasteiger charge is 2.23. The molecule has 5 heteroatoms. The van der Waals surface area contributed by atoms with Crippen molar-refractivity contribution in [1.82, 2.24) is 5.32 Å². The van der Waals surface area contributed by atoms with Crippen molar-refractivity contribution in [3.05, 3.63) is 94.0 Å². The van der Waals surface area contributed by atoms with Crippen LogP contribution in [0.2, 0.25) is 0 Å². The molecule has 1 aliphatic heterocycles. The van der Waals surface area contributed by atoms with E-state index in [2.05, 4.69) is 26.6 Å². The second-order valence-electron chi connectivity index (χ2n) is 6.08. The van der Waals surface area contributed by atoms with Crippen LogP contribution in [0.1, 0.15) is 27.7 Å². The van der Waals surface area contributed by atoms with Crippen molar-refractivity contribution in [3.63, 3.8) is 0 Å². The van der Waals surface area contributed by atoms with Gasteiger partial charge >= 0.3 is 0 Å². The zero-order valence-corrected chi connectivity index (χ0v) is 15.5. The molecule has 3 aromatic rings. The first-order valence-corrected chi connectivity index (χ1v) is 9.12. The van der Waals surface area contributed by atoms with Crippen LogP contribution in [-0.4, -0.2) is 5.91 Å². The molecule has 0 spiro atoms. The van der Waals surface area contributed by atoms with Gasteiger partial charge in [-0.05, 0) is 47.5 Å². The molecule has 0 radical (unpaired) electrons. The van der Waals surface area contributed by atoms with Crippen LogP contribution in [0.4, 0.5) is 5.69 Å². The van der Waals surface area contributed by atoms with Gasteiger partial charge in [-0.3, -0.25) is 4.79 Å². The van der Waals surface area contributed by atoms with Crippen LogP contribution in [0.3, 0.4) is 0 Å². The van der Waals surface area contributed by atoms with Crippen LogP contribution >= 0.6 is 15.9 Å². The van der Waals surface area contributed by atoms with Gasteiger partial charge in [0.25, 0.3) is 5.91 Å². The Morgan fingerprint density at radius 3 is 2.38 bits per heavy atom. The Kier molecular flexibility index (Phi) is 4.63. The van der Waals surface area contributed by atoms with Gasteiger partial charge in [0.05, 0.1) is 5.56 Å². The summed E-state index contributed by atoms with van der Waals surface area (Å²) < 4.78 is 6.88. The lowest BCUT2D eigenvalue weighted by Gasteiger charge is -2.28. The number of benzene rings is 3. The Labute approximate surface area is 160 Å². The Morgan fingerprint density at radius 2 is 1.62 bits per heavy atom. The minimum absolute atomic E-state index is 0.0695. The van der Waals surface area contributed by atoms with Gasteiger partial charge in [0, 0.05) is 10.2 Å². The first-order valence-electron chi connectivity index (χ1n) is 8.33. The SMILES string of the molecule is O=C1NC(c2ccc(OCc3ccc(Br)cc3)cc2)Nc2ccccc21. The van der Waals surface area contributed by atoms with E-state index in [-0.39, 0.29) is 12.1 Å². The number of nitrogens with one attached hydrogen (secondary N) is 2. The zero-order valence-electron chi connectivity index (χ0n) is 13.9. The fourth-order valence-electron chi connectivity index (χ4n) is 2.88. The maximum absolute atomic E-state index is 12.2. The van der Waals surface area contributed by atoms with Crippen molar-refractivity contribution >= 4 is 27.5 Å². The summed E-state index contributed by atoms with van der Waals surface area (Å²) in [4.78, 5) is 12.2. The number of carbonyl (C=O) groups excluding carboxylic acids is 1. The van der Waals surface area contributed by atoms with E-state index in [4.69, 9.17) is 4.74 Å². The Balaban J connectivity index is 1.43. The van der Waals surface area contributed by atoms with Crippen LogP contribution in [0.25, 0.3) is 0 Å². The van der Waals surface area contributed by atoms with Crippen molar-refractivity contribution in [2.24, 2.45) is 0 Å². The van der Waals surface area contributed by atoms with Crippen molar-refractivity contribution in [2.45, 2.75) is 12.8 Å². The third kappa shape index (κ3) is 3.58. The number of hydrogen-bond donors (Lipinski definition) is 2. The monoisotopic (exact) mass is 408 g/mol. The van der Waals surface area contributed by atoms with Crippen molar-refractivity contribution in [2.75, 3.05) is 5.32 Å². The summed E-state index contributed by atoms with van der Waals surface area (Å²) in [6.45, 7) is 0.512. The van der Waals surface area contributed by atoms with E-state index in [0.717, 1.165) is 27.0 Å². The molecule has 0 aliphatic carbocycles. The summed E-state index contributed by atoms with van der Waals surface area (Å²) in [6, 6.07) is 23.3. The molecule has 4 nitrogen and oxygen atoms in total. The highest BCUT2D eigenvalue weighted by atomic mass is 79.9. The molecule has 1 unspecified atom stereocenters. The Morgan fingerprint density at radius 1 is 0.885 bits per heavy atom. The number of rotatable bonds is 4. The number of anilines is 1. The van der Waals surface area contributed by atoms with Gasteiger partial charge in [-0.15, -0.1) is 0 Å². The molecule has 1 heterocycles. The fourth-order valence-corrected chi connectivity index (χ4v) is 3.14. The number of amides is 1. The van der Waals surface area contributed by atoms with Gasteiger partial charge in [-0.1, -0.05) is 52.3 Å². The van der Waals surface area contributed by atoms with Crippen molar-refractivity contribution < 1.29 is 9.53 Å². The second kappa shape index (κ2) is 7.22. The van der Waals surface area contributed by atoms with Gasteiger partial charge in [0.15, 0.2) is 0 Å². The minimum atomic E-state index is -0.252. The molecule has 2 N–H and O–H groups in total. The number of fused-ring (bicyclic) bond motifs is 1. The Hall–Kier alpha value is -2.79. The van der Waals surface area contributed by atoms with E-state index in [9.17, 15) is 4.79 Å². The maximum Gasteiger partial charge on any atom is 0.255 e. The molecule has 4 rings (SSSR count). The van der Waals surface area contributed by atoms with Crippen LogP contribution in [0, 0.1) is 0 Å². The number of hydrogen-bond acceptors (Lipinski definition) is 3. The lowest BCUT2D eigenvalue weighted by Crippen LogP contribution is -2.38. The van der Waals surface area contributed by atoms with Gasteiger partial charge in [-0.25, -0.2) is 0 Å². The van der Waals surface area contributed by atoms with E-state index in [1.165, 1.54) is 0 Å². The summed E-state index contributed by atoms with van der Waals surface area (Å²) in [6.07, 6.45) is -0.252. The van der Waals surface area contributed by atoms with E-state index in [1.807, 2.05) is 72.8 Å². The molecular weight excluding hydrogens is 392 g/mol. The Bertz CT molecular complexity index is 924. The van der Waals surface area contributed by atoms with Crippen LogP contribution < -0.4 is 15.4 Å². The standard InChI is InChI=1S/C21H17BrN2O2/c22-16-9-5-14(6-10-16)13-26-17-11-7-15(8-12-17)20-23-19-4-2-1-3-18(19)21(25)24-20/h1-12,20,23H,13H2,(H,24,25). The quantitative estimate of drug-likeness (QED) is 0.646. The van der Waals surface area contributed by atoms with Crippen molar-refractivity contribution in [3.8, 4) is 5.75 Å². The lowest BCUT2D eigenvalue weighted by atomic mass is 10.1. The highest BCUT2D eigenvalue weighted by molar-refractivity contribution is 9.10. The molecule has 0 saturated heterocycles. The minimum Gasteiger partial charge on any atom is -0.489 e. The zero-order chi connectivity index (χ0) is 17.9. The largest absolute Gasteiger partial charge is 0.489 e. The molecular formula is C21H17BrN2O2. The number of ether oxygens (including phenoxy) is 1. The molecule has 1 atom stereocenters. The van der Waals surface area contributed by atoms with Crippen LogP contribution in [0.15, 0.2) is 77.3 Å². The summed E-state index contributed by atoms with van der Waals surface area (Å²) >= 11 is 3.42. The van der Waals surface area contributed by atoms with E-state index in [1.54, 1.807) is 0 Å². The first kappa shape index (κ1) is 16.7. The molecule has 0 aromatic heterocycles. The summed E-state index contributed by atoms with van der Waals surface area (Å²) in [5.41, 5.74) is 3.59. The molecule has 0 saturated carbocycles. The van der Waals surface area contributed by atoms with Crippen LogP contribution in [0.5, 0.6) is 5.75 Å². The van der Waals surface area contributed by atoms with Gasteiger partial charge in [-0.2, -0.15) is 0 Å². The number of para-hydroxylation sites is 1. The molecule has 3 aromatic carbocycles. The number of halogens is 1. The smallest absolute Gasteiger partial charge is 0.255 e. The topological polar surface area (TPSA) is 50.4 Å². The van der Waals surface area contributed by atoms with Gasteiger partial charge in [0.2, 0.25) is 0 Å². The average molecular weight is 409 g/mol. The molecule has 0 bridgehead atoms. The third-order valence-corrected chi connectivity index (χ3v) is 4.81.